The molecule has 11 nitrogen and oxygen atoms in total. The third-order valence-electron chi connectivity index (χ3n) is 7.53. The number of aromatic nitrogens is 5. The molecule has 3 aromatic heterocycles. The maximum Gasteiger partial charge on any atom is 0.387 e. The van der Waals surface area contributed by atoms with Crippen molar-refractivity contribution in [3.8, 4) is 28.5 Å². The molecule has 0 spiro atoms. The molecule has 0 radical (unpaired) electrons. The highest BCUT2D eigenvalue weighted by Crippen LogP contribution is 2.39. The van der Waals surface area contributed by atoms with E-state index in [4.69, 9.17) is 9.47 Å². The SMILES string of the molecule is Cn1cc(NC(=O)c2cnn3cccnc23)c(-c2cc(Oc3ccc(CN4CCCC[C@@H]4CO)cc3)ccc2OC(F)F)n1. The average Bonchev–Trinajstić information content (AvgIpc) is 3.62. The number of anilines is 1. The maximum atomic E-state index is 13.4. The molecule has 0 saturated carbocycles. The van der Waals surface area contributed by atoms with Gasteiger partial charge in [-0.15, -0.1) is 0 Å². The van der Waals surface area contributed by atoms with E-state index in [-0.39, 0.29) is 40.9 Å². The first-order chi connectivity index (χ1) is 21.4. The summed E-state index contributed by atoms with van der Waals surface area (Å²) in [5.41, 5.74) is 2.37. The van der Waals surface area contributed by atoms with Crippen LogP contribution in [0.25, 0.3) is 16.9 Å². The molecule has 228 valence electrons. The number of likely N-dealkylation sites (tertiary alicyclic amines) is 1. The number of nitrogens with one attached hydrogen (secondary N) is 1. The van der Waals surface area contributed by atoms with Crippen LogP contribution in [0.3, 0.4) is 0 Å². The van der Waals surface area contributed by atoms with E-state index in [0.717, 1.165) is 37.9 Å². The Balaban J connectivity index is 1.25. The Hall–Kier alpha value is -4.88. The van der Waals surface area contributed by atoms with E-state index in [0.29, 0.717) is 17.1 Å². The predicted octanol–water partition coefficient (Wildman–Crippen LogP) is 5.12. The fraction of sp³-hybridized carbons (Fsp3) is 0.290. The topological polar surface area (TPSA) is 119 Å². The van der Waals surface area contributed by atoms with Crippen molar-refractivity contribution in [2.75, 3.05) is 18.5 Å². The molecule has 1 saturated heterocycles. The fourth-order valence-electron chi connectivity index (χ4n) is 5.42. The minimum Gasteiger partial charge on any atom is -0.457 e. The number of carbonyl (C=O) groups excluding carboxylic acids is 1. The lowest BCUT2D eigenvalue weighted by atomic mass is 10.0. The van der Waals surface area contributed by atoms with Gasteiger partial charge in [-0.2, -0.15) is 19.0 Å². The van der Waals surface area contributed by atoms with Gasteiger partial charge in [0.1, 0.15) is 28.5 Å². The molecule has 4 heterocycles. The molecule has 0 unspecified atom stereocenters. The number of carbonyl (C=O) groups is 1. The molecule has 44 heavy (non-hydrogen) atoms. The van der Waals surface area contributed by atoms with Gasteiger partial charge in [0.25, 0.3) is 5.91 Å². The number of nitrogens with zero attached hydrogens (tertiary/aromatic N) is 6. The van der Waals surface area contributed by atoms with E-state index >= 15 is 0 Å². The standard InChI is InChI=1S/C31H31F2N7O4/c1-38-18-26(36-30(42)25-16-35-40-14-4-12-34-29(25)40)28(37-38)24-15-23(10-11-27(24)44-31(32)33)43-22-8-6-20(7-9-22)17-39-13-3-2-5-21(39)19-41/h4,6-12,14-16,18,21,31,41H,2-3,5,13,17,19H2,1H3,(H,36,42)/t21-/m1/s1. The molecule has 1 atom stereocenters. The van der Waals surface area contributed by atoms with E-state index in [9.17, 15) is 18.7 Å². The van der Waals surface area contributed by atoms with Crippen molar-refractivity contribution in [2.45, 2.75) is 38.5 Å². The molecule has 0 bridgehead atoms. The Labute approximate surface area is 251 Å². The Morgan fingerprint density at radius 2 is 1.98 bits per heavy atom. The molecule has 6 rings (SSSR count). The number of halogens is 2. The summed E-state index contributed by atoms with van der Waals surface area (Å²) in [7, 11) is 1.65. The lowest BCUT2D eigenvalue weighted by molar-refractivity contribution is -0.0494. The monoisotopic (exact) mass is 603 g/mol. The molecule has 1 amide bonds. The molecule has 1 fully saturated rings. The highest BCUT2D eigenvalue weighted by molar-refractivity contribution is 6.09. The van der Waals surface area contributed by atoms with Crippen LogP contribution in [0.5, 0.6) is 17.2 Å². The van der Waals surface area contributed by atoms with Crippen molar-refractivity contribution in [2.24, 2.45) is 7.05 Å². The zero-order valence-corrected chi connectivity index (χ0v) is 23.9. The minimum absolute atomic E-state index is 0.130. The molecule has 2 N–H and O–H groups in total. The third-order valence-corrected chi connectivity index (χ3v) is 7.53. The van der Waals surface area contributed by atoms with Crippen LogP contribution in [0.1, 0.15) is 35.2 Å². The number of aliphatic hydroxyl groups excluding tert-OH is 1. The number of alkyl halides is 2. The number of fused-ring (bicyclic) bond motifs is 1. The number of benzene rings is 2. The van der Waals surface area contributed by atoms with E-state index in [1.54, 1.807) is 37.8 Å². The lowest BCUT2D eigenvalue weighted by Crippen LogP contribution is -2.41. The number of amides is 1. The van der Waals surface area contributed by atoms with Gasteiger partial charge in [-0.3, -0.25) is 14.4 Å². The Bertz CT molecular complexity index is 1760. The van der Waals surface area contributed by atoms with Gasteiger partial charge in [-0.25, -0.2) is 9.50 Å². The number of ether oxygens (including phenoxy) is 2. The first-order valence-electron chi connectivity index (χ1n) is 14.2. The van der Waals surface area contributed by atoms with E-state index in [1.807, 2.05) is 24.3 Å². The first-order valence-corrected chi connectivity index (χ1v) is 14.2. The zero-order valence-electron chi connectivity index (χ0n) is 23.9. The second kappa shape index (κ2) is 12.8. The molecule has 1 aliphatic rings. The molecule has 5 aromatic rings. The number of aryl methyl sites for hydroxylation is 1. The van der Waals surface area contributed by atoms with Gasteiger partial charge in [0.05, 0.1) is 24.1 Å². The molecule has 2 aromatic carbocycles. The maximum absolute atomic E-state index is 13.4. The Morgan fingerprint density at radius 3 is 2.77 bits per heavy atom. The average molecular weight is 604 g/mol. The second-order valence-electron chi connectivity index (χ2n) is 10.6. The van der Waals surface area contributed by atoms with Gasteiger partial charge in [0.15, 0.2) is 5.65 Å². The Morgan fingerprint density at radius 1 is 1.16 bits per heavy atom. The van der Waals surface area contributed by atoms with Gasteiger partial charge in [0.2, 0.25) is 0 Å². The minimum atomic E-state index is -3.08. The zero-order chi connectivity index (χ0) is 30.6. The quantitative estimate of drug-likeness (QED) is 0.226. The van der Waals surface area contributed by atoms with E-state index < -0.39 is 12.5 Å². The molecular weight excluding hydrogens is 572 g/mol. The van der Waals surface area contributed by atoms with Crippen LogP contribution >= 0.6 is 0 Å². The molecule has 13 heteroatoms. The summed E-state index contributed by atoms with van der Waals surface area (Å²) in [4.78, 5) is 19.7. The fourth-order valence-corrected chi connectivity index (χ4v) is 5.42. The Kier molecular flexibility index (Phi) is 8.48. The van der Waals surface area contributed by atoms with Crippen molar-refractivity contribution in [1.29, 1.82) is 0 Å². The third kappa shape index (κ3) is 6.38. The lowest BCUT2D eigenvalue weighted by Gasteiger charge is -2.34. The number of piperidine rings is 1. The van der Waals surface area contributed by atoms with Gasteiger partial charge >= 0.3 is 6.61 Å². The van der Waals surface area contributed by atoms with Crippen molar-refractivity contribution in [1.82, 2.24) is 29.3 Å². The molecular formula is C31H31F2N7O4. The summed E-state index contributed by atoms with van der Waals surface area (Å²) in [6, 6.07) is 13.9. The normalized spacial score (nSPS) is 15.5. The van der Waals surface area contributed by atoms with Crippen molar-refractivity contribution in [3.05, 3.63) is 84.4 Å². The largest absolute Gasteiger partial charge is 0.457 e. The van der Waals surface area contributed by atoms with Crippen molar-refractivity contribution >= 4 is 17.2 Å². The van der Waals surface area contributed by atoms with Gasteiger partial charge in [-0.1, -0.05) is 18.6 Å². The van der Waals surface area contributed by atoms with Gasteiger partial charge in [-0.05, 0) is 61.3 Å². The van der Waals surface area contributed by atoms with Gasteiger partial charge < -0.3 is 19.9 Å². The summed E-state index contributed by atoms with van der Waals surface area (Å²) in [5, 5.41) is 21.1. The molecule has 1 aliphatic heterocycles. The van der Waals surface area contributed by atoms with E-state index in [1.165, 1.54) is 27.5 Å². The summed E-state index contributed by atoms with van der Waals surface area (Å²) in [5.74, 6) is 0.288. The number of rotatable bonds is 10. The van der Waals surface area contributed by atoms with Crippen molar-refractivity contribution < 1.29 is 28.2 Å². The number of hydrogen-bond donors (Lipinski definition) is 2. The summed E-state index contributed by atoms with van der Waals surface area (Å²) < 4.78 is 40.6. The summed E-state index contributed by atoms with van der Waals surface area (Å²) in [6.45, 7) is -1.25. The van der Waals surface area contributed by atoms with Crippen LogP contribution in [-0.2, 0) is 13.6 Å². The van der Waals surface area contributed by atoms with Crippen LogP contribution in [0.4, 0.5) is 14.5 Å². The summed E-state index contributed by atoms with van der Waals surface area (Å²) in [6.07, 6.45) is 9.42. The van der Waals surface area contributed by atoms with Crippen LogP contribution in [0.15, 0.2) is 73.3 Å². The van der Waals surface area contributed by atoms with Crippen LogP contribution in [0, 0.1) is 0 Å². The van der Waals surface area contributed by atoms with Crippen LogP contribution < -0.4 is 14.8 Å². The van der Waals surface area contributed by atoms with E-state index in [2.05, 4.69) is 25.4 Å². The predicted molar refractivity (Wildman–Crippen MR) is 158 cm³/mol. The number of hydrogen-bond acceptors (Lipinski definition) is 8. The van der Waals surface area contributed by atoms with Crippen LogP contribution in [0.2, 0.25) is 0 Å². The first kappa shape index (κ1) is 29.2. The highest BCUT2D eigenvalue weighted by atomic mass is 19.3. The summed E-state index contributed by atoms with van der Waals surface area (Å²) >= 11 is 0. The molecule has 0 aliphatic carbocycles. The number of aliphatic hydroxyl groups is 1. The van der Waals surface area contributed by atoms with Crippen LogP contribution in [-0.4, -0.2) is 66.1 Å². The van der Waals surface area contributed by atoms with Gasteiger partial charge in [0, 0.05) is 38.2 Å². The second-order valence-corrected chi connectivity index (χ2v) is 10.6. The highest BCUT2D eigenvalue weighted by Gasteiger charge is 2.23. The van der Waals surface area contributed by atoms with Crippen molar-refractivity contribution in [3.63, 3.8) is 0 Å². The smallest absolute Gasteiger partial charge is 0.387 e.